The molecule has 2 amide bonds. The third-order valence-corrected chi connectivity index (χ3v) is 7.84. The Morgan fingerprint density at radius 3 is 2.62 bits per heavy atom. The minimum Gasteiger partial charge on any atom is -0.481 e. The molecule has 0 unspecified atom stereocenters. The van der Waals surface area contributed by atoms with E-state index in [1.165, 1.54) is 16.2 Å². The van der Waals surface area contributed by atoms with Gasteiger partial charge in [-0.15, -0.1) is 11.3 Å². The van der Waals surface area contributed by atoms with Crippen molar-refractivity contribution in [3.63, 3.8) is 0 Å². The summed E-state index contributed by atoms with van der Waals surface area (Å²) in [5.41, 5.74) is 0.461. The lowest BCUT2D eigenvalue weighted by atomic mass is 10.1. The fourth-order valence-corrected chi connectivity index (χ4v) is 6.03. The molecule has 2 saturated heterocycles. The zero-order valence-corrected chi connectivity index (χ0v) is 19.7. The highest BCUT2D eigenvalue weighted by Gasteiger charge is 2.42. The summed E-state index contributed by atoms with van der Waals surface area (Å²) in [4.78, 5) is 40.5. The van der Waals surface area contributed by atoms with E-state index in [0.717, 1.165) is 10.3 Å². The fourth-order valence-electron chi connectivity index (χ4n) is 3.66. The SMILES string of the molecule is CC(=CS(=O)(=O)N[C@H]1CCN([C@@H](CC(=O)O)C(=O)N2CCOCC2)C1=O)c1ccc(Cl)s1. The quantitative estimate of drug-likeness (QED) is 0.538. The molecule has 2 atom stereocenters. The van der Waals surface area contributed by atoms with Crippen molar-refractivity contribution in [2.45, 2.75) is 31.8 Å². The fraction of sp³-hybridized carbons (Fsp3) is 0.526. The Kier molecular flexibility index (Phi) is 7.93. The van der Waals surface area contributed by atoms with Gasteiger partial charge >= 0.3 is 5.97 Å². The minimum absolute atomic E-state index is 0.0727. The van der Waals surface area contributed by atoms with Crippen LogP contribution in [-0.2, 0) is 29.1 Å². The van der Waals surface area contributed by atoms with E-state index in [4.69, 9.17) is 16.3 Å². The second-order valence-corrected chi connectivity index (χ2v) is 10.8. The van der Waals surface area contributed by atoms with Crippen LogP contribution in [-0.4, -0.2) is 86.0 Å². The van der Waals surface area contributed by atoms with Gasteiger partial charge in [0.2, 0.25) is 21.8 Å². The van der Waals surface area contributed by atoms with Crippen molar-refractivity contribution >= 4 is 56.3 Å². The maximum Gasteiger partial charge on any atom is 0.305 e. The summed E-state index contributed by atoms with van der Waals surface area (Å²) >= 11 is 7.12. The molecule has 2 fully saturated rings. The Morgan fingerprint density at radius 2 is 2.03 bits per heavy atom. The molecule has 1 aromatic heterocycles. The van der Waals surface area contributed by atoms with Crippen LogP contribution < -0.4 is 4.72 Å². The van der Waals surface area contributed by atoms with Gasteiger partial charge in [0.05, 0.1) is 29.4 Å². The highest BCUT2D eigenvalue weighted by molar-refractivity contribution is 7.92. The van der Waals surface area contributed by atoms with Gasteiger partial charge in [-0.3, -0.25) is 14.4 Å². The van der Waals surface area contributed by atoms with Crippen molar-refractivity contribution in [2.75, 3.05) is 32.8 Å². The van der Waals surface area contributed by atoms with Gasteiger partial charge in [-0.25, -0.2) is 8.42 Å². The number of nitrogens with zero attached hydrogens (tertiary/aromatic N) is 2. The van der Waals surface area contributed by atoms with Crippen molar-refractivity contribution in [1.82, 2.24) is 14.5 Å². The van der Waals surface area contributed by atoms with Crippen molar-refractivity contribution in [3.8, 4) is 0 Å². The van der Waals surface area contributed by atoms with Crippen LogP contribution in [0, 0.1) is 0 Å². The Hall–Kier alpha value is -1.99. The molecule has 13 heteroatoms. The molecular weight excluding hydrogens is 482 g/mol. The number of thiophene rings is 1. The average molecular weight is 506 g/mol. The number of likely N-dealkylation sites (tertiary alicyclic amines) is 1. The van der Waals surface area contributed by atoms with Gasteiger partial charge in [-0.2, -0.15) is 4.72 Å². The number of carbonyl (C=O) groups excluding carboxylic acids is 2. The molecule has 10 nitrogen and oxygen atoms in total. The van der Waals surface area contributed by atoms with E-state index < -0.39 is 46.3 Å². The summed E-state index contributed by atoms with van der Waals surface area (Å²) in [6, 6.07) is 1.08. The lowest BCUT2D eigenvalue weighted by Gasteiger charge is -2.33. The van der Waals surface area contributed by atoms with Gasteiger partial charge in [-0.1, -0.05) is 11.6 Å². The number of hydrogen-bond acceptors (Lipinski definition) is 7. The molecule has 0 aliphatic carbocycles. The van der Waals surface area contributed by atoms with E-state index in [9.17, 15) is 27.9 Å². The van der Waals surface area contributed by atoms with Crippen LogP contribution in [0.25, 0.3) is 5.57 Å². The molecule has 32 heavy (non-hydrogen) atoms. The van der Waals surface area contributed by atoms with Crippen LogP contribution in [0.4, 0.5) is 0 Å². The molecule has 0 saturated carbocycles. The van der Waals surface area contributed by atoms with Crippen molar-refractivity contribution in [1.29, 1.82) is 0 Å². The molecule has 176 valence electrons. The second kappa shape index (κ2) is 10.3. The summed E-state index contributed by atoms with van der Waals surface area (Å²) in [6.45, 7) is 2.98. The van der Waals surface area contributed by atoms with Crippen LogP contribution >= 0.6 is 22.9 Å². The normalized spacial score (nSPS) is 21.1. The van der Waals surface area contributed by atoms with E-state index in [2.05, 4.69) is 4.72 Å². The first-order valence-corrected chi connectivity index (χ1v) is 12.7. The smallest absolute Gasteiger partial charge is 0.305 e. The molecule has 0 radical (unpaired) electrons. The summed E-state index contributed by atoms with van der Waals surface area (Å²) in [7, 11) is -3.97. The molecule has 2 aliphatic heterocycles. The molecule has 2 aliphatic rings. The van der Waals surface area contributed by atoms with Crippen LogP contribution in [0.2, 0.25) is 4.34 Å². The molecular formula is C19H24ClN3O7S2. The number of carboxylic acid groups (broad SMARTS) is 1. The Morgan fingerprint density at radius 1 is 1.34 bits per heavy atom. The third kappa shape index (κ3) is 6.07. The zero-order valence-electron chi connectivity index (χ0n) is 17.3. The number of hydrogen-bond donors (Lipinski definition) is 2. The number of allylic oxidation sites excluding steroid dienone is 1. The first-order chi connectivity index (χ1) is 15.1. The number of carbonyl (C=O) groups is 3. The number of carboxylic acids is 1. The number of aliphatic carboxylic acids is 1. The van der Waals surface area contributed by atoms with Gasteiger partial charge in [0.25, 0.3) is 0 Å². The zero-order chi connectivity index (χ0) is 23.5. The average Bonchev–Trinajstić information content (AvgIpc) is 3.32. The molecule has 3 heterocycles. The first kappa shape index (κ1) is 24.6. The number of amides is 2. The highest BCUT2D eigenvalue weighted by atomic mass is 35.5. The highest BCUT2D eigenvalue weighted by Crippen LogP contribution is 2.28. The van der Waals surface area contributed by atoms with Gasteiger partial charge in [0, 0.05) is 24.5 Å². The standard InChI is InChI=1S/C19H24ClN3O7S2/c1-12(15-2-3-16(20)31-15)11-32(28,29)21-13-4-5-23(18(13)26)14(10-17(24)25)19(27)22-6-8-30-9-7-22/h2-3,11,13-14,21H,4-10H2,1H3,(H,24,25)/t13-,14-/m0/s1. The summed E-state index contributed by atoms with van der Waals surface area (Å²) in [5.74, 6) is -2.31. The maximum absolute atomic E-state index is 12.9. The summed E-state index contributed by atoms with van der Waals surface area (Å²) in [6.07, 6.45) is -0.429. The number of sulfonamides is 1. The van der Waals surface area contributed by atoms with Crippen LogP contribution in [0.1, 0.15) is 24.6 Å². The number of rotatable bonds is 8. The molecule has 0 aromatic carbocycles. The Balaban J connectivity index is 1.72. The van der Waals surface area contributed by atoms with E-state index in [1.54, 1.807) is 19.1 Å². The van der Waals surface area contributed by atoms with Gasteiger partial charge in [-0.05, 0) is 31.1 Å². The number of morpholine rings is 1. The van der Waals surface area contributed by atoms with Gasteiger partial charge in [0.15, 0.2) is 0 Å². The maximum atomic E-state index is 12.9. The lowest BCUT2D eigenvalue weighted by Crippen LogP contribution is -2.54. The van der Waals surface area contributed by atoms with Crippen molar-refractivity contribution in [2.24, 2.45) is 0 Å². The molecule has 2 N–H and O–H groups in total. The minimum atomic E-state index is -3.97. The second-order valence-electron chi connectivity index (χ2n) is 7.49. The van der Waals surface area contributed by atoms with E-state index in [-0.39, 0.29) is 13.0 Å². The monoisotopic (exact) mass is 505 g/mol. The molecule has 0 spiro atoms. The van der Waals surface area contributed by atoms with E-state index in [1.807, 2.05) is 0 Å². The summed E-state index contributed by atoms with van der Waals surface area (Å²) in [5, 5.41) is 10.3. The third-order valence-electron chi connectivity index (χ3n) is 5.19. The largest absolute Gasteiger partial charge is 0.481 e. The first-order valence-electron chi connectivity index (χ1n) is 9.92. The van der Waals surface area contributed by atoms with E-state index >= 15 is 0 Å². The lowest BCUT2D eigenvalue weighted by molar-refractivity contribution is -0.151. The number of ether oxygens (including phenoxy) is 1. The number of nitrogens with one attached hydrogen (secondary N) is 1. The molecule has 0 bridgehead atoms. The van der Waals surface area contributed by atoms with Crippen molar-refractivity contribution in [3.05, 3.63) is 26.8 Å². The topological polar surface area (TPSA) is 133 Å². The van der Waals surface area contributed by atoms with Crippen LogP contribution in [0.15, 0.2) is 17.5 Å². The van der Waals surface area contributed by atoms with Crippen LogP contribution in [0.5, 0.6) is 0 Å². The Bertz CT molecular complexity index is 1020. The van der Waals surface area contributed by atoms with Gasteiger partial charge < -0.3 is 19.6 Å². The van der Waals surface area contributed by atoms with Crippen molar-refractivity contribution < 1.29 is 32.6 Å². The van der Waals surface area contributed by atoms with Gasteiger partial charge in [0.1, 0.15) is 12.1 Å². The van der Waals surface area contributed by atoms with E-state index in [0.29, 0.717) is 41.1 Å². The number of halogens is 1. The predicted octanol–water partition coefficient (Wildman–Crippen LogP) is 0.985. The summed E-state index contributed by atoms with van der Waals surface area (Å²) < 4.78 is 33.3. The molecule has 3 rings (SSSR count). The molecule has 1 aromatic rings. The Labute approximate surface area is 194 Å². The van der Waals surface area contributed by atoms with Crippen LogP contribution in [0.3, 0.4) is 0 Å². The predicted molar refractivity (Wildman–Crippen MR) is 119 cm³/mol.